The molecular weight excluding hydrogens is 395 g/mol. The Kier molecular flexibility index (Phi) is 6.17. The Labute approximate surface area is 168 Å². The molecule has 0 aliphatic heterocycles. The fraction of sp³-hybridized carbons (Fsp3) is 0.300. The highest BCUT2D eigenvalue weighted by Gasteiger charge is 2.21. The first-order chi connectivity index (χ1) is 13.8. The van der Waals surface area contributed by atoms with Gasteiger partial charge in [0.05, 0.1) is 20.3 Å². The fourth-order valence-corrected chi connectivity index (χ4v) is 4.44. The molecule has 0 bridgehead atoms. The van der Waals surface area contributed by atoms with Crippen LogP contribution in [0.5, 0.6) is 0 Å². The molecule has 2 aromatic rings. The molecule has 7 nitrogen and oxygen atoms in total. The number of amides is 1. The molecule has 0 saturated carbocycles. The van der Waals surface area contributed by atoms with E-state index >= 15 is 0 Å². The second-order valence-corrected chi connectivity index (χ2v) is 8.72. The summed E-state index contributed by atoms with van der Waals surface area (Å²) in [5.74, 6) is -1.10. The Balaban J connectivity index is 1.70. The summed E-state index contributed by atoms with van der Waals surface area (Å²) in [6.45, 7) is -0.00507. The lowest BCUT2D eigenvalue weighted by Gasteiger charge is -2.17. The number of fused-ring (bicyclic) bond motifs is 1. The molecule has 3 rings (SSSR count). The lowest BCUT2D eigenvalue weighted by atomic mass is 9.90. The molecule has 1 aliphatic carbocycles. The van der Waals surface area contributed by atoms with Crippen LogP contribution < -0.4 is 16.2 Å². The van der Waals surface area contributed by atoms with Crippen molar-refractivity contribution in [1.29, 1.82) is 4.78 Å². The molecule has 1 amide bonds. The number of aryl methyl sites for hydroxylation is 1. The third kappa shape index (κ3) is 4.56. The Morgan fingerprint density at radius 3 is 2.83 bits per heavy atom. The molecule has 0 fully saturated rings. The smallest absolute Gasteiger partial charge is 0.261 e. The monoisotopic (exact) mass is 418 g/mol. The molecule has 9 heteroatoms. The Hall–Kier alpha value is -2.94. The molecule has 1 atom stereocenters. The van der Waals surface area contributed by atoms with Gasteiger partial charge in [0.25, 0.3) is 11.5 Å². The molecule has 1 aliphatic rings. The molecule has 1 aromatic heterocycles. The summed E-state index contributed by atoms with van der Waals surface area (Å²) in [4.78, 5) is 27.3. The highest BCUT2D eigenvalue weighted by molar-refractivity contribution is 7.95. The van der Waals surface area contributed by atoms with Crippen molar-refractivity contribution in [2.45, 2.75) is 30.6 Å². The van der Waals surface area contributed by atoms with Gasteiger partial charge >= 0.3 is 0 Å². The van der Waals surface area contributed by atoms with Gasteiger partial charge in [-0.05, 0) is 55.0 Å². The minimum absolute atomic E-state index is 0.00507. The number of carbonyl (C=O) groups excluding carboxylic acids is 1. The molecule has 29 heavy (non-hydrogen) atoms. The number of hydrogen-bond acceptors (Lipinski definition) is 5. The molecule has 0 radical (unpaired) electrons. The molecule has 0 saturated heterocycles. The largest absolute Gasteiger partial charge is 0.386 e. The highest BCUT2D eigenvalue weighted by Crippen LogP contribution is 2.22. The Bertz CT molecular complexity index is 1120. The van der Waals surface area contributed by atoms with Crippen LogP contribution in [0.15, 0.2) is 45.6 Å². The summed E-state index contributed by atoms with van der Waals surface area (Å²) in [6, 6.07) is 3.89. The zero-order valence-corrected chi connectivity index (χ0v) is 16.8. The summed E-state index contributed by atoms with van der Waals surface area (Å²) in [6.07, 6.45) is 6.52. The van der Waals surface area contributed by atoms with Crippen molar-refractivity contribution in [1.82, 2.24) is 10.3 Å². The van der Waals surface area contributed by atoms with Crippen LogP contribution in [0.4, 0.5) is 10.1 Å². The highest BCUT2D eigenvalue weighted by atomic mass is 32.2. The predicted octanol–water partition coefficient (Wildman–Crippen LogP) is 2.78. The van der Waals surface area contributed by atoms with Crippen LogP contribution in [0.3, 0.4) is 0 Å². The summed E-state index contributed by atoms with van der Waals surface area (Å²) < 4.78 is 34.4. The van der Waals surface area contributed by atoms with Crippen molar-refractivity contribution < 1.29 is 13.4 Å². The molecule has 154 valence electrons. The molecule has 1 aromatic carbocycles. The summed E-state index contributed by atoms with van der Waals surface area (Å²) in [5, 5.41) is 6.39. The van der Waals surface area contributed by atoms with E-state index in [1.165, 1.54) is 18.2 Å². The van der Waals surface area contributed by atoms with Gasteiger partial charge in [-0.1, -0.05) is 6.08 Å². The van der Waals surface area contributed by atoms with Crippen LogP contribution in [0.2, 0.25) is 0 Å². The second-order valence-electron chi connectivity index (χ2n) is 6.78. The third-order valence-electron chi connectivity index (χ3n) is 4.87. The second kappa shape index (κ2) is 8.60. The minimum Gasteiger partial charge on any atom is -0.386 e. The zero-order valence-electron chi connectivity index (χ0n) is 16.0. The number of carbonyl (C=O) groups is 1. The zero-order chi connectivity index (χ0) is 21.0. The summed E-state index contributed by atoms with van der Waals surface area (Å²) in [5.41, 5.74) is 1.70. The van der Waals surface area contributed by atoms with Gasteiger partial charge in [-0.25, -0.2) is 13.4 Å². The maximum absolute atomic E-state index is 13.9. The number of aromatic nitrogens is 1. The number of pyridine rings is 1. The van der Waals surface area contributed by atoms with Crippen LogP contribution >= 0.6 is 0 Å². The predicted molar refractivity (Wildman–Crippen MR) is 110 cm³/mol. The van der Waals surface area contributed by atoms with Crippen molar-refractivity contribution >= 4 is 21.3 Å². The average Bonchev–Trinajstić information content (AvgIpc) is 2.71. The van der Waals surface area contributed by atoms with E-state index in [9.17, 15) is 18.2 Å². The normalized spacial score (nSPS) is 15.5. The van der Waals surface area contributed by atoms with Crippen molar-refractivity contribution in [3.8, 4) is 0 Å². The number of nitrogens with one attached hydrogen (secondary N) is 4. The first-order valence-corrected chi connectivity index (χ1v) is 10.9. The number of hydrogen-bond donors (Lipinski definition) is 4. The number of halogens is 1. The van der Waals surface area contributed by atoms with Crippen LogP contribution in [-0.2, 0) is 22.6 Å². The van der Waals surface area contributed by atoms with Crippen molar-refractivity contribution in [3.05, 3.63) is 68.7 Å². The van der Waals surface area contributed by atoms with E-state index in [2.05, 4.69) is 15.6 Å². The molecule has 4 N–H and O–H groups in total. The first kappa shape index (κ1) is 20.8. The number of anilines is 1. The van der Waals surface area contributed by atoms with Gasteiger partial charge in [0, 0.05) is 25.2 Å². The molecule has 1 heterocycles. The van der Waals surface area contributed by atoms with E-state index < -0.39 is 27.0 Å². The third-order valence-corrected chi connectivity index (χ3v) is 6.40. The van der Waals surface area contributed by atoms with E-state index in [1.54, 1.807) is 13.2 Å². The fourth-order valence-electron chi connectivity index (χ4n) is 3.36. The van der Waals surface area contributed by atoms with Gasteiger partial charge in [0.15, 0.2) is 0 Å². The lowest BCUT2D eigenvalue weighted by Crippen LogP contribution is -2.32. The van der Waals surface area contributed by atoms with E-state index in [-0.39, 0.29) is 22.7 Å². The minimum atomic E-state index is -3.36. The van der Waals surface area contributed by atoms with Crippen LogP contribution in [0, 0.1) is 10.6 Å². The van der Waals surface area contributed by atoms with Crippen molar-refractivity contribution in [3.63, 3.8) is 0 Å². The standard InChI is InChI=1S/C20H23FN4O3S/c1-23-17-8-7-14(11-16(17)21)29(22,28)10-4-9-24-19(26)18-15-6-3-2-5-13(15)12-25-20(18)27/h4,7-8,10-12,22-23H,2-3,5-6,9H2,1H3,(H,24,26)(H,25,27)/b10-4+. The van der Waals surface area contributed by atoms with Gasteiger partial charge in [-0.3, -0.25) is 9.59 Å². The maximum atomic E-state index is 13.9. The van der Waals surface area contributed by atoms with Crippen molar-refractivity contribution in [2.24, 2.45) is 0 Å². The first-order valence-electron chi connectivity index (χ1n) is 9.28. The van der Waals surface area contributed by atoms with Crippen LogP contribution in [0.25, 0.3) is 0 Å². The van der Waals surface area contributed by atoms with E-state index in [4.69, 9.17) is 4.78 Å². The van der Waals surface area contributed by atoms with E-state index in [1.807, 2.05) is 0 Å². The summed E-state index contributed by atoms with van der Waals surface area (Å²) in [7, 11) is -1.80. The van der Waals surface area contributed by atoms with Crippen LogP contribution in [-0.4, -0.2) is 28.7 Å². The Morgan fingerprint density at radius 2 is 2.10 bits per heavy atom. The van der Waals surface area contributed by atoms with Gasteiger partial charge in [-0.2, -0.15) is 0 Å². The topological polar surface area (TPSA) is 115 Å². The quantitative estimate of drug-likeness (QED) is 0.577. The van der Waals surface area contributed by atoms with Gasteiger partial charge in [-0.15, -0.1) is 0 Å². The number of H-pyrrole nitrogens is 1. The number of aromatic amines is 1. The molecule has 1 unspecified atom stereocenters. The molecular formula is C20H23FN4O3S. The van der Waals surface area contributed by atoms with E-state index in [0.29, 0.717) is 6.42 Å². The lowest BCUT2D eigenvalue weighted by molar-refractivity contribution is 0.0955. The maximum Gasteiger partial charge on any atom is 0.261 e. The average molecular weight is 418 g/mol. The van der Waals surface area contributed by atoms with Crippen LogP contribution in [0.1, 0.15) is 34.3 Å². The van der Waals surface area contributed by atoms with Gasteiger partial charge < -0.3 is 15.6 Å². The van der Waals surface area contributed by atoms with Gasteiger partial charge in [0.2, 0.25) is 0 Å². The van der Waals surface area contributed by atoms with Gasteiger partial charge in [0.1, 0.15) is 11.4 Å². The SMILES string of the molecule is CNc1ccc(S(=N)(=O)/C=C/CNC(=O)c2c3c(c[nH]c2=O)CCCC3)cc1F. The van der Waals surface area contributed by atoms with Crippen molar-refractivity contribution in [2.75, 3.05) is 18.9 Å². The number of rotatable bonds is 6. The van der Waals surface area contributed by atoms with E-state index in [0.717, 1.165) is 41.9 Å². The summed E-state index contributed by atoms with van der Waals surface area (Å²) >= 11 is 0. The number of benzene rings is 1. The molecule has 0 spiro atoms. The Morgan fingerprint density at radius 1 is 1.34 bits per heavy atom.